The number of piperidine rings is 3. The number of halogens is 2. The Hall–Kier alpha value is -4.19. The Balaban J connectivity index is 0.00000486. The molecule has 3 aliphatic heterocycles. The van der Waals surface area contributed by atoms with Crippen LogP contribution in [0.2, 0.25) is 10.0 Å². The predicted octanol–water partition coefficient (Wildman–Crippen LogP) is 6.26. The summed E-state index contributed by atoms with van der Waals surface area (Å²) in [5.74, 6) is 0.676. The van der Waals surface area contributed by atoms with Gasteiger partial charge in [-0.3, -0.25) is 10.2 Å². The van der Waals surface area contributed by atoms with Crippen molar-refractivity contribution < 1.29 is 39.0 Å². The highest BCUT2D eigenvalue weighted by molar-refractivity contribution is 6.35. The van der Waals surface area contributed by atoms with Crippen molar-refractivity contribution in [2.45, 2.75) is 44.1 Å². The van der Waals surface area contributed by atoms with E-state index >= 15 is 0 Å². The number of aromatic amines is 1. The zero-order chi connectivity index (χ0) is 34.3. The van der Waals surface area contributed by atoms with Gasteiger partial charge in [-0.2, -0.15) is 0 Å². The summed E-state index contributed by atoms with van der Waals surface area (Å²) in [6, 6.07) is 21.4. The molecule has 1 aromatic heterocycles. The number of benzene rings is 3. The fourth-order valence-electron chi connectivity index (χ4n) is 6.56. The maximum atomic E-state index is 13.5. The molecule has 4 aromatic rings. The van der Waals surface area contributed by atoms with Crippen LogP contribution in [0.15, 0.2) is 85.2 Å². The average molecular weight is 723 g/mol. The summed E-state index contributed by atoms with van der Waals surface area (Å²) in [6.07, 6.45) is 4.80. The van der Waals surface area contributed by atoms with Gasteiger partial charge in [-0.15, -0.1) is 0 Å². The van der Waals surface area contributed by atoms with E-state index in [1.54, 1.807) is 50.9 Å². The van der Waals surface area contributed by atoms with Crippen molar-refractivity contribution in [1.82, 2.24) is 10.2 Å². The smallest absolute Gasteiger partial charge is 0.338 e. The number of hydrogen-bond acceptors (Lipinski definition) is 9. The average Bonchev–Trinajstić information content (AvgIpc) is 3.13. The highest BCUT2D eigenvalue weighted by atomic mass is 35.5. The number of aromatic nitrogens is 1. The van der Waals surface area contributed by atoms with Crippen LogP contribution in [-0.2, 0) is 27.2 Å². The molecule has 2 bridgehead atoms. The Morgan fingerprint density at radius 1 is 0.900 bits per heavy atom. The van der Waals surface area contributed by atoms with Crippen LogP contribution in [0.3, 0.4) is 0 Å². The van der Waals surface area contributed by atoms with Gasteiger partial charge in [0.2, 0.25) is 0 Å². The van der Waals surface area contributed by atoms with Crippen molar-refractivity contribution in [3.05, 3.63) is 123 Å². The lowest BCUT2D eigenvalue weighted by Gasteiger charge is -2.44. The van der Waals surface area contributed by atoms with Crippen molar-refractivity contribution in [3.8, 4) is 11.5 Å². The Morgan fingerprint density at radius 2 is 1.58 bits per heavy atom. The minimum Gasteiger partial charge on any atom is -0.870 e. The molecule has 4 heterocycles. The van der Waals surface area contributed by atoms with E-state index in [4.69, 9.17) is 42.1 Å². The van der Waals surface area contributed by atoms with E-state index in [0.29, 0.717) is 50.7 Å². The molecule has 264 valence electrons. The summed E-state index contributed by atoms with van der Waals surface area (Å²) >= 11 is 12.9. The highest BCUT2D eigenvalue weighted by Crippen LogP contribution is 2.35. The molecule has 10 nitrogen and oxygen atoms in total. The van der Waals surface area contributed by atoms with Crippen molar-refractivity contribution in [2.75, 3.05) is 33.9 Å². The molecule has 0 saturated carbocycles. The van der Waals surface area contributed by atoms with Crippen LogP contribution < -0.4 is 19.8 Å². The predicted molar refractivity (Wildman–Crippen MR) is 188 cm³/mol. The number of H-pyrrole nitrogens is 1. The second-order valence-electron chi connectivity index (χ2n) is 12.4. The van der Waals surface area contributed by atoms with Gasteiger partial charge in [0.15, 0.2) is 23.9 Å². The van der Waals surface area contributed by atoms with Crippen molar-refractivity contribution in [2.24, 2.45) is 5.92 Å². The van der Waals surface area contributed by atoms with Crippen LogP contribution in [0.1, 0.15) is 57.6 Å². The number of nitrogens with zero attached hydrogens (tertiary/aromatic N) is 1. The SMILES string of the molecule is COc1ccc([C@H](Cc2c(Cl)c[nH+]cc2Cl)OC(=O)c2ccc(CNC(C(=O)O[C@H]3CN4CCC3CC4)c3ccccc3)cc2)cc1OC.[OH-]. The van der Waals surface area contributed by atoms with E-state index in [2.05, 4.69) is 15.2 Å². The number of rotatable bonds is 13. The molecule has 1 unspecified atom stereocenters. The molecule has 3 N–H and O–H groups in total. The van der Waals surface area contributed by atoms with Gasteiger partial charge in [0.1, 0.15) is 28.3 Å². The number of fused-ring (bicyclic) bond motifs is 3. The molecule has 0 amide bonds. The van der Waals surface area contributed by atoms with E-state index in [1.165, 1.54) is 0 Å². The second-order valence-corrected chi connectivity index (χ2v) is 13.2. The number of pyridine rings is 1. The fraction of sp³-hybridized carbons (Fsp3) is 0.342. The molecule has 3 aromatic carbocycles. The van der Waals surface area contributed by atoms with Crippen LogP contribution in [0.4, 0.5) is 0 Å². The lowest BCUT2D eigenvalue weighted by molar-refractivity contribution is -0.377. The number of carbonyl (C=O) groups excluding carboxylic acids is 2. The summed E-state index contributed by atoms with van der Waals surface area (Å²) in [7, 11) is 3.10. The van der Waals surface area contributed by atoms with Crippen molar-refractivity contribution in [1.29, 1.82) is 0 Å². The standard InChI is InChI=1S/C38H39Cl2N3O6.H2O/c1-46-32-13-12-28(18-34(32)47-2)33(19-29-30(39)21-41-22-31(29)40)48-37(44)27-10-8-24(9-11-27)20-42-36(26-6-4-3-5-7-26)38(45)49-35-23-43-16-14-25(35)15-17-43;/h3-13,18,21-22,25,33,35-36,42H,14-17,19-20,23H2,1-2H3;1H2/t33-,35-,36?;/m0./s1. The number of hydrogen-bond donors (Lipinski definition) is 1. The Morgan fingerprint density at radius 3 is 2.20 bits per heavy atom. The number of methoxy groups -OCH3 is 2. The lowest BCUT2D eigenvalue weighted by Crippen LogP contribution is -2.52. The van der Waals surface area contributed by atoms with E-state index in [1.807, 2.05) is 48.5 Å². The second kappa shape index (κ2) is 17.2. The monoisotopic (exact) mass is 721 g/mol. The number of nitrogens with one attached hydrogen (secondary N) is 2. The fourth-order valence-corrected chi connectivity index (χ4v) is 7.09. The molecule has 0 aliphatic carbocycles. The van der Waals surface area contributed by atoms with Gasteiger partial charge in [0.25, 0.3) is 0 Å². The lowest BCUT2D eigenvalue weighted by atomic mass is 9.86. The molecule has 7 rings (SSSR count). The quantitative estimate of drug-likeness (QED) is 0.159. The first kappa shape index (κ1) is 37.1. The van der Waals surface area contributed by atoms with Crippen LogP contribution in [-0.4, -0.2) is 62.3 Å². The first-order chi connectivity index (χ1) is 23.8. The zero-order valence-electron chi connectivity index (χ0n) is 27.9. The number of esters is 2. The largest absolute Gasteiger partial charge is 0.870 e. The first-order valence-electron chi connectivity index (χ1n) is 16.4. The Kier molecular flexibility index (Phi) is 12.7. The maximum Gasteiger partial charge on any atom is 0.338 e. The molecule has 3 saturated heterocycles. The Labute approximate surface area is 301 Å². The molecular weight excluding hydrogens is 681 g/mol. The summed E-state index contributed by atoms with van der Waals surface area (Å²) in [5.41, 5.74) is 3.42. The van der Waals surface area contributed by atoms with Gasteiger partial charge in [0.05, 0.1) is 19.8 Å². The Bertz CT molecular complexity index is 1730. The minimum absolute atomic E-state index is 0. The van der Waals surface area contributed by atoms with Crippen molar-refractivity contribution in [3.63, 3.8) is 0 Å². The van der Waals surface area contributed by atoms with Gasteiger partial charge >= 0.3 is 11.9 Å². The summed E-state index contributed by atoms with van der Waals surface area (Å²) in [5, 5.41) is 4.24. The zero-order valence-corrected chi connectivity index (χ0v) is 29.5. The minimum atomic E-state index is -0.736. The van der Waals surface area contributed by atoms with Gasteiger partial charge in [0, 0.05) is 25.1 Å². The first-order valence-corrected chi connectivity index (χ1v) is 17.2. The molecule has 0 radical (unpaired) electrons. The third-order valence-corrected chi connectivity index (χ3v) is 10.0. The molecule has 0 spiro atoms. The number of ether oxygens (including phenoxy) is 4. The molecule has 50 heavy (non-hydrogen) atoms. The van der Waals surface area contributed by atoms with Gasteiger partial charge in [-0.25, -0.2) is 14.6 Å². The molecule has 3 aliphatic rings. The summed E-state index contributed by atoms with van der Waals surface area (Å²) in [4.78, 5) is 32.3. The third kappa shape index (κ3) is 8.75. The normalized spacial score (nSPS) is 19.1. The van der Waals surface area contributed by atoms with E-state index < -0.39 is 18.1 Å². The van der Waals surface area contributed by atoms with E-state index in [-0.39, 0.29) is 24.0 Å². The molecule has 12 heteroatoms. The van der Waals surface area contributed by atoms with E-state index in [0.717, 1.165) is 43.6 Å². The topological polar surface area (TPSA) is 130 Å². The summed E-state index contributed by atoms with van der Waals surface area (Å²) in [6.45, 7) is 3.34. The number of carbonyl (C=O) groups is 2. The van der Waals surface area contributed by atoms with Crippen LogP contribution >= 0.6 is 23.2 Å². The van der Waals surface area contributed by atoms with Crippen LogP contribution in [0.5, 0.6) is 11.5 Å². The molecule has 3 atom stereocenters. The third-order valence-electron chi connectivity index (χ3n) is 9.35. The summed E-state index contributed by atoms with van der Waals surface area (Å²) < 4.78 is 23.1. The maximum absolute atomic E-state index is 13.5. The van der Waals surface area contributed by atoms with Gasteiger partial charge in [-0.05, 0) is 72.8 Å². The van der Waals surface area contributed by atoms with Gasteiger partial charge < -0.3 is 24.4 Å². The van der Waals surface area contributed by atoms with Crippen molar-refractivity contribution >= 4 is 35.1 Å². The van der Waals surface area contributed by atoms with Gasteiger partial charge in [-0.1, -0.05) is 71.7 Å². The van der Waals surface area contributed by atoms with Crippen LogP contribution in [0, 0.1) is 5.92 Å². The highest BCUT2D eigenvalue weighted by Gasteiger charge is 2.38. The molecule has 3 fully saturated rings. The van der Waals surface area contributed by atoms with Crippen LogP contribution in [0.25, 0.3) is 0 Å². The molecular formula is C38H41Cl2N3O7. The van der Waals surface area contributed by atoms with E-state index in [9.17, 15) is 9.59 Å².